The Morgan fingerprint density at radius 1 is 1.53 bits per heavy atom. The van der Waals surface area contributed by atoms with E-state index >= 15 is 0 Å². The minimum Gasteiger partial charge on any atom is -0.298 e. The molecule has 0 spiro atoms. The van der Waals surface area contributed by atoms with Gasteiger partial charge in [0.25, 0.3) is 0 Å². The highest BCUT2D eigenvalue weighted by atomic mass is 15.3. The number of hydrogen-bond donors (Lipinski definition) is 0. The maximum Gasteiger partial charge on any atom is 0.0672 e. The summed E-state index contributed by atoms with van der Waals surface area (Å²) in [6, 6.07) is 2.51. The summed E-state index contributed by atoms with van der Waals surface area (Å²) in [5.74, 6) is 1.33. The van der Waals surface area contributed by atoms with Gasteiger partial charge < -0.3 is 0 Å². The van der Waals surface area contributed by atoms with Crippen LogP contribution in [0.5, 0.6) is 0 Å². The SMILES string of the molecule is Cc1c(CN2CCC(C(C)C)C(C#N)C2)cnn1C. The first-order valence-corrected chi connectivity index (χ1v) is 7.12. The highest BCUT2D eigenvalue weighted by Gasteiger charge is 2.31. The molecule has 0 N–H and O–H groups in total. The summed E-state index contributed by atoms with van der Waals surface area (Å²) in [4.78, 5) is 2.40. The van der Waals surface area contributed by atoms with Crippen molar-refractivity contribution in [3.8, 4) is 6.07 Å². The normalized spacial score (nSPS) is 24.6. The van der Waals surface area contributed by atoms with Crippen molar-refractivity contribution in [2.75, 3.05) is 13.1 Å². The summed E-state index contributed by atoms with van der Waals surface area (Å²) in [5.41, 5.74) is 2.50. The fourth-order valence-electron chi connectivity index (χ4n) is 3.06. The van der Waals surface area contributed by atoms with Crippen LogP contribution in [0.25, 0.3) is 0 Å². The van der Waals surface area contributed by atoms with Crippen molar-refractivity contribution < 1.29 is 0 Å². The average Bonchev–Trinajstić information content (AvgIpc) is 2.70. The molecule has 19 heavy (non-hydrogen) atoms. The molecule has 1 aliphatic rings. The van der Waals surface area contributed by atoms with Gasteiger partial charge in [0.2, 0.25) is 0 Å². The lowest BCUT2D eigenvalue weighted by Gasteiger charge is -2.37. The van der Waals surface area contributed by atoms with E-state index in [0.29, 0.717) is 11.8 Å². The number of aromatic nitrogens is 2. The topological polar surface area (TPSA) is 44.9 Å². The van der Waals surface area contributed by atoms with E-state index in [9.17, 15) is 5.26 Å². The van der Waals surface area contributed by atoms with Gasteiger partial charge in [0.1, 0.15) is 0 Å². The van der Waals surface area contributed by atoms with Crippen LogP contribution in [0.2, 0.25) is 0 Å². The van der Waals surface area contributed by atoms with Crippen molar-refractivity contribution in [2.45, 2.75) is 33.7 Å². The van der Waals surface area contributed by atoms with Crippen LogP contribution in [0.3, 0.4) is 0 Å². The van der Waals surface area contributed by atoms with Gasteiger partial charge in [0, 0.05) is 31.4 Å². The first-order chi connectivity index (χ1) is 9.02. The molecule has 2 unspecified atom stereocenters. The van der Waals surface area contributed by atoms with Crippen molar-refractivity contribution in [2.24, 2.45) is 24.8 Å². The molecule has 0 bridgehead atoms. The van der Waals surface area contributed by atoms with Crippen molar-refractivity contribution >= 4 is 0 Å². The Morgan fingerprint density at radius 2 is 2.26 bits per heavy atom. The predicted octanol–water partition coefficient (Wildman–Crippen LogP) is 2.35. The van der Waals surface area contributed by atoms with E-state index in [4.69, 9.17) is 0 Å². The van der Waals surface area contributed by atoms with Crippen molar-refractivity contribution in [3.05, 3.63) is 17.5 Å². The van der Waals surface area contributed by atoms with Crippen molar-refractivity contribution in [3.63, 3.8) is 0 Å². The van der Waals surface area contributed by atoms with Crippen molar-refractivity contribution in [1.82, 2.24) is 14.7 Å². The first-order valence-electron chi connectivity index (χ1n) is 7.12. The largest absolute Gasteiger partial charge is 0.298 e. The molecule has 0 amide bonds. The number of nitrogens with zero attached hydrogens (tertiary/aromatic N) is 4. The average molecular weight is 260 g/mol. The second kappa shape index (κ2) is 5.75. The van der Waals surface area contributed by atoms with Crippen molar-refractivity contribution in [1.29, 1.82) is 5.26 Å². The standard InChI is InChI=1S/C15H24N4/c1-11(2)15-5-6-19(9-13(15)7-16)10-14-8-17-18(4)12(14)3/h8,11,13,15H,5-6,9-10H2,1-4H3. The molecule has 0 aliphatic carbocycles. The van der Waals surface area contributed by atoms with Crippen LogP contribution in [0.1, 0.15) is 31.5 Å². The number of likely N-dealkylation sites (tertiary alicyclic amines) is 1. The molecule has 0 radical (unpaired) electrons. The minimum absolute atomic E-state index is 0.172. The van der Waals surface area contributed by atoms with E-state index in [1.165, 1.54) is 11.3 Å². The molecular formula is C15H24N4. The third kappa shape index (κ3) is 2.98. The van der Waals surface area contributed by atoms with E-state index in [1.807, 2.05) is 17.9 Å². The third-order valence-corrected chi connectivity index (χ3v) is 4.50. The van der Waals surface area contributed by atoms with Crippen LogP contribution in [0.4, 0.5) is 0 Å². The molecule has 104 valence electrons. The zero-order valence-electron chi connectivity index (χ0n) is 12.4. The number of hydrogen-bond acceptors (Lipinski definition) is 3. The number of nitriles is 1. The van der Waals surface area contributed by atoms with E-state index in [-0.39, 0.29) is 5.92 Å². The molecule has 1 aromatic heterocycles. The van der Waals surface area contributed by atoms with E-state index < -0.39 is 0 Å². The molecule has 1 aliphatic heterocycles. The maximum absolute atomic E-state index is 9.36. The lowest BCUT2D eigenvalue weighted by Crippen LogP contribution is -2.41. The summed E-state index contributed by atoms with van der Waals surface area (Å²) in [7, 11) is 1.97. The lowest BCUT2D eigenvalue weighted by atomic mass is 9.79. The summed E-state index contributed by atoms with van der Waals surface area (Å²) >= 11 is 0. The molecule has 4 nitrogen and oxygen atoms in total. The zero-order chi connectivity index (χ0) is 14.0. The summed E-state index contributed by atoms with van der Waals surface area (Å²) in [5, 5.41) is 13.6. The number of piperidine rings is 1. The first kappa shape index (κ1) is 14.1. The van der Waals surface area contributed by atoms with Crippen LogP contribution < -0.4 is 0 Å². The maximum atomic E-state index is 9.36. The quantitative estimate of drug-likeness (QED) is 0.838. The van der Waals surface area contributed by atoms with Gasteiger partial charge in [0.15, 0.2) is 0 Å². The molecule has 2 heterocycles. The second-order valence-corrected chi connectivity index (χ2v) is 6.05. The van der Waals surface area contributed by atoms with Gasteiger partial charge in [-0.05, 0) is 31.7 Å². The molecule has 2 rings (SSSR count). The Balaban J connectivity index is 2.01. The Bertz CT molecular complexity index is 469. The van der Waals surface area contributed by atoms with E-state index in [1.54, 1.807) is 0 Å². The van der Waals surface area contributed by atoms with Crippen LogP contribution in [-0.4, -0.2) is 27.8 Å². The lowest BCUT2D eigenvalue weighted by molar-refractivity contribution is 0.115. The highest BCUT2D eigenvalue weighted by Crippen LogP contribution is 2.30. The molecule has 0 aromatic carbocycles. The molecule has 1 fully saturated rings. The number of aryl methyl sites for hydroxylation is 1. The molecule has 1 saturated heterocycles. The van der Waals surface area contributed by atoms with E-state index in [0.717, 1.165) is 26.1 Å². The van der Waals surface area contributed by atoms with E-state index in [2.05, 4.69) is 36.8 Å². The van der Waals surface area contributed by atoms with Gasteiger partial charge in [-0.1, -0.05) is 13.8 Å². The second-order valence-electron chi connectivity index (χ2n) is 6.05. The Labute approximate surface area is 116 Å². The fourth-order valence-corrected chi connectivity index (χ4v) is 3.06. The molecule has 0 saturated carbocycles. The van der Waals surface area contributed by atoms with Gasteiger partial charge in [0.05, 0.1) is 18.2 Å². The third-order valence-electron chi connectivity index (χ3n) is 4.50. The summed E-state index contributed by atoms with van der Waals surface area (Å²) in [6.07, 6.45) is 3.08. The van der Waals surface area contributed by atoms with Gasteiger partial charge in [-0.2, -0.15) is 10.4 Å². The number of rotatable bonds is 3. The van der Waals surface area contributed by atoms with Crippen LogP contribution in [0.15, 0.2) is 6.20 Å². The zero-order valence-corrected chi connectivity index (χ0v) is 12.4. The molecule has 4 heteroatoms. The predicted molar refractivity (Wildman–Crippen MR) is 75.3 cm³/mol. The Kier molecular flexibility index (Phi) is 4.26. The Morgan fingerprint density at radius 3 is 2.79 bits per heavy atom. The summed E-state index contributed by atoms with van der Waals surface area (Å²) < 4.78 is 1.91. The van der Waals surface area contributed by atoms with Gasteiger partial charge >= 0.3 is 0 Å². The van der Waals surface area contributed by atoms with Crippen LogP contribution in [-0.2, 0) is 13.6 Å². The van der Waals surface area contributed by atoms with Crippen LogP contribution in [0, 0.1) is 36.0 Å². The Hall–Kier alpha value is -1.34. The summed E-state index contributed by atoms with van der Waals surface area (Å²) in [6.45, 7) is 9.47. The monoisotopic (exact) mass is 260 g/mol. The van der Waals surface area contributed by atoms with Gasteiger partial charge in [-0.3, -0.25) is 9.58 Å². The smallest absolute Gasteiger partial charge is 0.0672 e. The minimum atomic E-state index is 0.172. The molecular weight excluding hydrogens is 236 g/mol. The molecule has 1 aromatic rings. The van der Waals surface area contributed by atoms with Gasteiger partial charge in [-0.15, -0.1) is 0 Å². The van der Waals surface area contributed by atoms with Gasteiger partial charge in [-0.25, -0.2) is 0 Å². The highest BCUT2D eigenvalue weighted by molar-refractivity contribution is 5.16. The van der Waals surface area contributed by atoms with Crippen LogP contribution >= 0.6 is 0 Å². The fraction of sp³-hybridized carbons (Fsp3) is 0.733. The molecule has 2 atom stereocenters.